The summed E-state index contributed by atoms with van der Waals surface area (Å²) >= 11 is 0. The molecule has 1 aromatic carbocycles. The van der Waals surface area contributed by atoms with E-state index < -0.39 is 5.91 Å². The van der Waals surface area contributed by atoms with Crippen molar-refractivity contribution in [3.05, 3.63) is 59.2 Å². The molecule has 0 atom stereocenters. The second-order valence-electron chi connectivity index (χ2n) is 4.32. The molecule has 0 saturated carbocycles. The zero-order valence-electron chi connectivity index (χ0n) is 11.5. The fraction of sp³-hybridized carbons (Fsp3) is 0.125. The maximum absolute atomic E-state index is 13.1. The molecule has 0 spiro atoms. The molecule has 0 radical (unpaired) electrons. The fourth-order valence-electron chi connectivity index (χ4n) is 1.78. The molecular formula is C16H14FN3O. The first-order valence-electron chi connectivity index (χ1n) is 6.33. The largest absolute Gasteiger partial charge is 0.320 e. The van der Waals surface area contributed by atoms with Crippen molar-refractivity contribution in [2.75, 3.05) is 11.9 Å². The maximum atomic E-state index is 13.1. The van der Waals surface area contributed by atoms with Gasteiger partial charge in [0, 0.05) is 11.9 Å². The quantitative estimate of drug-likeness (QED) is 0.829. The average Bonchev–Trinajstić information content (AvgIpc) is 2.48. The Kier molecular flexibility index (Phi) is 4.64. The Morgan fingerprint density at radius 3 is 2.95 bits per heavy atom. The number of carbonyl (C=O) groups is 1. The molecule has 1 amide bonds. The number of pyridine rings is 1. The van der Waals surface area contributed by atoms with Gasteiger partial charge in [0.15, 0.2) is 0 Å². The normalized spacial score (nSPS) is 9.67. The molecule has 0 fully saturated rings. The number of amides is 1. The number of benzene rings is 1. The molecule has 0 aliphatic rings. The van der Waals surface area contributed by atoms with Crippen molar-refractivity contribution < 1.29 is 9.18 Å². The van der Waals surface area contributed by atoms with Crippen LogP contribution in [0.5, 0.6) is 0 Å². The lowest BCUT2D eigenvalue weighted by Crippen LogP contribution is -2.16. The first-order chi connectivity index (χ1) is 10.1. The highest BCUT2D eigenvalue weighted by Crippen LogP contribution is 2.17. The second-order valence-corrected chi connectivity index (χ2v) is 4.32. The third-order valence-electron chi connectivity index (χ3n) is 2.78. The Bertz CT molecular complexity index is 732. The number of carbonyl (C=O) groups excluding carboxylic acids is 1. The first kappa shape index (κ1) is 14.7. The van der Waals surface area contributed by atoms with Crippen molar-refractivity contribution in [2.24, 2.45) is 5.73 Å². The monoisotopic (exact) mass is 283 g/mol. The van der Waals surface area contributed by atoms with E-state index in [0.717, 1.165) is 0 Å². The molecule has 0 aliphatic heterocycles. The second kappa shape index (κ2) is 6.64. The van der Waals surface area contributed by atoms with Crippen LogP contribution in [0.1, 0.15) is 21.6 Å². The van der Waals surface area contributed by atoms with Crippen LogP contribution in [0.2, 0.25) is 0 Å². The van der Waals surface area contributed by atoms with Crippen LogP contribution in [-0.4, -0.2) is 17.4 Å². The third-order valence-corrected chi connectivity index (χ3v) is 2.78. The number of hydrogen-bond donors (Lipinski definition) is 2. The molecule has 0 saturated heterocycles. The number of nitrogens with one attached hydrogen (secondary N) is 1. The zero-order chi connectivity index (χ0) is 15.2. The number of aryl methyl sites for hydroxylation is 1. The third kappa shape index (κ3) is 3.65. The summed E-state index contributed by atoms with van der Waals surface area (Å²) in [5.41, 5.74) is 7.21. The molecule has 1 aromatic heterocycles. The number of rotatable bonds is 2. The van der Waals surface area contributed by atoms with Gasteiger partial charge in [-0.1, -0.05) is 11.8 Å². The van der Waals surface area contributed by atoms with E-state index in [1.54, 1.807) is 19.1 Å². The minimum Gasteiger partial charge on any atom is -0.320 e. The Labute approximate surface area is 122 Å². The van der Waals surface area contributed by atoms with Gasteiger partial charge in [0.1, 0.15) is 11.5 Å². The van der Waals surface area contributed by atoms with Gasteiger partial charge in [0.25, 0.3) is 5.91 Å². The smallest absolute Gasteiger partial charge is 0.275 e. The van der Waals surface area contributed by atoms with E-state index in [9.17, 15) is 9.18 Å². The van der Waals surface area contributed by atoms with E-state index >= 15 is 0 Å². The molecule has 2 rings (SSSR count). The van der Waals surface area contributed by atoms with Gasteiger partial charge in [0.05, 0.1) is 12.1 Å². The van der Waals surface area contributed by atoms with E-state index in [1.165, 1.54) is 24.4 Å². The van der Waals surface area contributed by atoms with Gasteiger partial charge < -0.3 is 11.1 Å². The SMILES string of the molecule is Cc1cc(F)ccc1NC(=O)c1ncccc1C#CCN. The van der Waals surface area contributed by atoms with Crippen LogP contribution in [0.4, 0.5) is 10.1 Å². The molecule has 1 heterocycles. The number of hydrogen-bond acceptors (Lipinski definition) is 3. The molecule has 5 heteroatoms. The van der Waals surface area contributed by atoms with Gasteiger partial charge in [-0.2, -0.15) is 0 Å². The van der Waals surface area contributed by atoms with Crippen molar-refractivity contribution in [1.82, 2.24) is 4.98 Å². The molecule has 0 unspecified atom stereocenters. The van der Waals surface area contributed by atoms with Gasteiger partial charge in [-0.05, 0) is 42.8 Å². The van der Waals surface area contributed by atoms with E-state index in [4.69, 9.17) is 5.73 Å². The van der Waals surface area contributed by atoms with Crippen molar-refractivity contribution in [1.29, 1.82) is 0 Å². The Balaban J connectivity index is 2.28. The van der Waals surface area contributed by atoms with Crippen molar-refractivity contribution in [3.8, 4) is 11.8 Å². The van der Waals surface area contributed by atoms with E-state index in [-0.39, 0.29) is 18.1 Å². The average molecular weight is 283 g/mol. The molecule has 4 nitrogen and oxygen atoms in total. The molecule has 106 valence electrons. The summed E-state index contributed by atoms with van der Waals surface area (Å²) in [6, 6.07) is 7.54. The highest BCUT2D eigenvalue weighted by molar-refractivity contribution is 6.04. The summed E-state index contributed by atoms with van der Waals surface area (Å²) in [5.74, 6) is 4.75. The maximum Gasteiger partial charge on any atom is 0.275 e. The highest BCUT2D eigenvalue weighted by atomic mass is 19.1. The Hall–Kier alpha value is -2.71. The summed E-state index contributed by atoms with van der Waals surface area (Å²) < 4.78 is 13.1. The van der Waals surface area contributed by atoms with Gasteiger partial charge >= 0.3 is 0 Å². The van der Waals surface area contributed by atoms with Crippen LogP contribution >= 0.6 is 0 Å². The van der Waals surface area contributed by atoms with E-state index in [2.05, 4.69) is 22.1 Å². The Morgan fingerprint density at radius 2 is 2.24 bits per heavy atom. The lowest BCUT2D eigenvalue weighted by atomic mass is 10.1. The summed E-state index contributed by atoms with van der Waals surface area (Å²) in [7, 11) is 0. The number of nitrogens with zero attached hydrogens (tertiary/aromatic N) is 1. The van der Waals surface area contributed by atoms with Crippen molar-refractivity contribution >= 4 is 11.6 Å². The minimum atomic E-state index is -0.397. The molecular weight excluding hydrogens is 269 g/mol. The van der Waals surface area contributed by atoms with Gasteiger partial charge in [-0.25, -0.2) is 9.37 Å². The zero-order valence-corrected chi connectivity index (χ0v) is 11.5. The summed E-state index contributed by atoms with van der Waals surface area (Å²) in [4.78, 5) is 16.3. The standard InChI is InChI=1S/C16H14FN3O/c1-11-10-13(17)6-7-14(11)20-16(21)15-12(4-2-8-18)5-3-9-19-15/h3,5-7,9-10H,8,18H2,1H3,(H,20,21). The molecule has 2 aromatic rings. The minimum absolute atomic E-state index is 0.201. The van der Waals surface area contributed by atoms with Crippen LogP contribution in [0.25, 0.3) is 0 Å². The van der Waals surface area contributed by atoms with E-state index in [0.29, 0.717) is 16.8 Å². The molecule has 0 aliphatic carbocycles. The lowest BCUT2D eigenvalue weighted by molar-refractivity contribution is 0.102. The van der Waals surface area contributed by atoms with Crippen LogP contribution < -0.4 is 11.1 Å². The number of aromatic nitrogens is 1. The number of anilines is 1. The van der Waals surface area contributed by atoms with Crippen LogP contribution in [-0.2, 0) is 0 Å². The number of nitrogens with two attached hydrogens (primary N) is 1. The predicted molar refractivity (Wildman–Crippen MR) is 79.3 cm³/mol. The van der Waals surface area contributed by atoms with Gasteiger partial charge in [-0.3, -0.25) is 4.79 Å². The summed E-state index contributed by atoms with van der Waals surface area (Å²) in [5, 5.41) is 2.70. The van der Waals surface area contributed by atoms with Crippen LogP contribution in [0, 0.1) is 24.6 Å². The summed E-state index contributed by atoms with van der Waals surface area (Å²) in [6.07, 6.45) is 1.51. The number of halogens is 1. The van der Waals surface area contributed by atoms with Crippen LogP contribution in [0.15, 0.2) is 36.5 Å². The highest BCUT2D eigenvalue weighted by Gasteiger charge is 2.13. The predicted octanol–water partition coefficient (Wildman–Crippen LogP) is 2.09. The van der Waals surface area contributed by atoms with Crippen LogP contribution in [0.3, 0.4) is 0 Å². The first-order valence-corrected chi connectivity index (χ1v) is 6.33. The van der Waals surface area contributed by atoms with Gasteiger partial charge in [-0.15, -0.1) is 0 Å². The topological polar surface area (TPSA) is 68.0 Å². The lowest BCUT2D eigenvalue weighted by Gasteiger charge is -2.09. The van der Waals surface area contributed by atoms with Crippen molar-refractivity contribution in [3.63, 3.8) is 0 Å². The van der Waals surface area contributed by atoms with E-state index in [1.807, 2.05) is 0 Å². The summed E-state index contributed by atoms with van der Waals surface area (Å²) in [6.45, 7) is 1.92. The Morgan fingerprint density at radius 1 is 1.43 bits per heavy atom. The molecule has 21 heavy (non-hydrogen) atoms. The fourth-order valence-corrected chi connectivity index (χ4v) is 1.78. The molecule has 3 N–H and O–H groups in total. The molecule has 0 bridgehead atoms. The van der Waals surface area contributed by atoms with Gasteiger partial charge in [0.2, 0.25) is 0 Å². The van der Waals surface area contributed by atoms with Crippen molar-refractivity contribution in [2.45, 2.75) is 6.92 Å².